The van der Waals surface area contributed by atoms with Gasteiger partial charge in [0.1, 0.15) is 0 Å². The first-order valence-electron chi connectivity index (χ1n) is 6.09. The van der Waals surface area contributed by atoms with Crippen LogP contribution in [0.4, 0.5) is 0 Å². The number of hydrogen-bond donors (Lipinski definition) is 3. The zero-order chi connectivity index (χ0) is 12.2. The van der Waals surface area contributed by atoms with Gasteiger partial charge in [0.15, 0.2) is 0 Å². The molecule has 16 heavy (non-hydrogen) atoms. The maximum Gasteiger partial charge on any atom is 0.226 e. The van der Waals surface area contributed by atoms with E-state index in [1.165, 1.54) is 0 Å². The van der Waals surface area contributed by atoms with Crippen LogP contribution in [0.3, 0.4) is 0 Å². The summed E-state index contributed by atoms with van der Waals surface area (Å²) >= 11 is 0. The van der Waals surface area contributed by atoms with E-state index in [1.807, 2.05) is 13.8 Å². The minimum absolute atomic E-state index is 0.0656. The second kappa shape index (κ2) is 5.64. The third kappa shape index (κ3) is 3.76. The Bertz CT molecular complexity index is 233. The van der Waals surface area contributed by atoms with Crippen LogP contribution in [0.25, 0.3) is 0 Å². The second-order valence-corrected chi connectivity index (χ2v) is 5.35. The number of amides is 1. The number of carbonyl (C=O) groups is 1. The molecule has 0 aromatic rings. The van der Waals surface area contributed by atoms with Crippen LogP contribution in [0.5, 0.6) is 0 Å². The van der Waals surface area contributed by atoms with Crippen molar-refractivity contribution < 1.29 is 9.90 Å². The van der Waals surface area contributed by atoms with E-state index in [2.05, 4.69) is 10.6 Å². The quantitative estimate of drug-likeness (QED) is 0.662. The van der Waals surface area contributed by atoms with Crippen LogP contribution in [0.1, 0.15) is 39.5 Å². The van der Waals surface area contributed by atoms with Crippen molar-refractivity contribution in [2.75, 3.05) is 13.6 Å². The highest BCUT2D eigenvalue weighted by molar-refractivity contribution is 5.81. The van der Waals surface area contributed by atoms with Gasteiger partial charge in [0.05, 0.1) is 11.5 Å². The molecule has 3 N–H and O–H groups in total. The maximum absolute atomic E-state index is 11.6. The first kappa shape index (κ1) is 13.5. The minimum atomic E-state index is -0.370. The molecule has 0 bridgehead atoms. The topological polar surface area (TPSA) is 61.4 Å². The van der Waals surface area contributed by atoms with E-state index < -0.39 is 0 Å². The number of nitrogens with one attached hydrogen (secondary N) is 2. The van der Waals surface area contributed by atoms with Gasteiger partial charge in [-0.05, 0) is 39.5 Å². The Balaban J connectivity index is 2.31. The van der Waals surface area contributed by atoms with E-state index in [0.29, 0.717) is 12.6 Å². The molecule has 0 heterocycles. The van der Waals surface area contributed by atoms with Crippen LogP contribution in [-0.2, 0) is 4.79 Å². The van der Waals surface area contributed by atoms with Crippen molar-refractivity contribution in [3.05, 3.63) is 0 Å². The summed E-state index contributed by atoms with van der Waals surface area (Å²) < 4.78 is 0. The molecule has 0 aromatic carbocycles. The highest BCUT2D eigenvalue weighted by Gasteiger charge is 2.28. The molecule has 4 nitrogen and oxygen atoms in total. The summed E-state index contributed by atoms with van der Waals surface area (Å²) in [7, 11) is 1.67. The van der Waals surface area contributed by atoms with Crippen molar-refractivity contribution in [2.45, 2.75) is 51.7 Å². The average molecular weight is 228 g/mol. The summed E-state index contributed by atoms with van der Waals surface area (Å²) in [5.41, 5.74) is -0.370. The SMILES string of the molecule is CNC(=O)C(C)(C)CNC1CCC(O)CC1. The molecule has 1 saturated carbocycles. The van der Waals surface area contributed by atoms with Crippen molar-refractivity contribution in [2.24, 2.45) is 5.41 Å². The zero-order valence-electron chi connectivity index (χ0n) is 10.5. The number of rotatable bonds is 4. The third-order valence-electron chi connectivity index (χ3n) is 3.37. The summed E-state index contributed by atoms with van der Waals surface area (Å²) in [6, 6.07) is 0.451. The maximum atomic E-state index is 11.6. The lowest BCUT2D eigenvalue weighted by atomic mass is 9.89. The number of carbonyl (C=O) groups excluding carboxylic acids is 1. The van der Waals surface area contributed by atoms with Crippen molar-refractivity contribution >= 4 is 5.91 Å². The summed E-state index contributed by atoms with van der Waals surface area (Å²) in [5, 5.41) is 15.5. The first-order valence-corrected chi connectivity index (χ1v) is 6.09. The summed E-state index contributed by atoms with van der Waals surface area (Å²) in [6.07, 6.45) is 3.64. The molecule has 94 valence electrons. The van der Waals surface area contributed by atoms with Crippen LogP contribution >= 0.6 is 0 Å². The van der Waals surface area contributed by atoms with Crippen LogP contribution in [-0.4, -0.2) is 36.8 Å². The molecule has 0 unspecified atom stereocenters. The van der Waals surface area contributed by atoms with E-state index >= 15 is 0 Å². The van der Waals surface area contributed by atoms with E-state index in [4.69, 9.17) is 0 Å². The zero-order valence-corrected chi connectivity index (χ0v) is 10.5. The Hall–Kier alpha value is -0.610. The van der Waals surface area contributed by atoms with E-state index in [1.54, 1.807) is 7.05 Å². The smallest absolute Gasteiger partial charge is 0.226 e. The number of aliphatic hydroxyl groups is 1. The molecule has 0 atom stereocenters. The van der Waals surface area contributed by atoms with Gasteiger partial charge in [-0.15, -0.1) is 0 Å². The Morgan fingerprint density at radius 3 is 2.38 bits per heavy atom. The molecule has 1 fully saturated rings. The van der Waals surface area contributed by atoms with E-state index in [9.17, 15) is 9.90 Å². The molecule has 1 amide bonds. The number of aliphatic hydroxyl groups excluding tert-OH is 1. The minimum Gasteiger partial charge on any atom is -0.393 e. The Kier molecular flexibility index (Phi) is 4.74. The Labute approximate surface area is 97.8 Å². The lowest BCUT2D eigenvalue weighted by Crippen LogP contribution is -2.46. The van der Waals surface area contributed by atoms with Gasteiger partial charge in [-0.2, -0.15) is 0 Å². The molecule has 1 aliphatic rings. The fourth-order valence-electron chi connectivity index (χ4n) is 2.10. The lowest BCUT2D eigenvalue weighted by Gasteiger charge is -2.30. The standard InChI is InChI=1S/C12H24N2O2/c1-12(2,11(16)13-3)8-14-9-4-6-10(15)7-5-9/h9-10,14-15H,4-8H2,1-3H3,(H,13,16). The molecular formula is C12H24N2O2. The fourth-order valence-corrected chi connectivity index (χ4v) is 2.10. The first-order chi connectivity index (χ1) is 7.45. The van der Waals surface area contributed by atoms with Gasteiger partial charge < -0.3 is 15.7 Å². The predicted molar refractivity (Wildman–Crippen MR) is 64.1 cm³/mol. The van der Waals surface area contributed by atoms with Gasteiger partial charge in [0, 0.05) is 19.6 Å². The van der Waals surface area contributed by atoms with Gasteiger partial charge in [-0.25, -0.2) is 0 Å². The monoisotopic (exact) mass is 228 g/mol. The molecule has 0 spiro atoms. The normalized spacial score (nSPS) is 26.5. The fraction of sp³-hybridized carbons (Fsp3) is 0.917. The van der Waals surface area contributed by atoms with Crippen molar-refractivity contribution in [3.63, 3.8) is 0 Å². The van der Waals surface area contributed by atoms with Crippen molar-refractivity contribution in [3.8, 4) is 0 Å². The molecule has 1 rings (SSSR count). The van der Waals surface area contributed by atoms with E-state index in [-0.39, 0.29) is 17.4 Å². The largest absolute Gasteiger partial charge is 0.393 e. The Morgan fingerprint density at radius 2 is 1.88 bits per heavy atom. The Morgan fingerprint density at radius 1 is 1.31 bits per heavy atom. The van der Waals surface area contributed by atoms with Crippen LogP contribution in [0.15, 0.2) is 0 Å². The van der Waals surface area contributed by atoms with Crippen LogP contribution < -0.4 is 10.6 Å². The molecular weight excluding hydrogens is 204 g/mol. The molecule has 0 aliphatic heterocycles. The third-order valence-corrected chi connectivity index (χ3v) is 3.37. The van der Waals surface area contributed by atoms with E-state index in [0.717, 1.165) is 25.7 Å². The number of hydrogen-bond acceptors (Lipinski definition) is 3. The molecule has 0 radical (unpaired) electrons. The molecule has 0 saturated heterocycles. The highest BCUT2D eigenvalue weighted by Crippen LogP contribution is 2.20. The van der Waals surface area contributed by atoms with Gasteiger partial charge in [-0.3, -0.25) is 4.79 Å². The molecule has 4 heteroatoms. The van der Waals surface area contributed by atoms with Gasteiger partial charge in [0.25, 0.3) is 0 Å². The van der Waals surface area contributed by atoms with Gasteiger partial charge in [-0.1, -0.05) is 0 Å². The van der Waals surface area contributed by atoms with Crippen LogP contribution in [0, 0.1) is 5.41 Å². The van der Waals surface area contributed by atoms with Crippen LogP contribution in [0.2, 0.25) is 0 Å². The highest BCUT2D eigenvalue weighted by atomic mass is 16.3. The van der Waals surface area contributed by atoms with Gasteiger partial charge in [0.2, 0.25) is 5.91 Å². The summed E-state index contributed by atoms with van der Waals surface area (Å²) in [5.74, 6) is 0.0656. The summed E-state index contributed by atoms with van der Waals surface area (Å²) in [6.45, 7) is 4.57. The van der Waals surface area contributed by atoms with Gasteiger partial charge >= 0.3 is 0 Å². The average Bonchev–Trinajstić information content (AvgIpc) is 2.27. The summed E-state index contributed by atoms with van der Waals surface area (Å²) in [4.78, 5) is 11.6. The van der Waals surface area contributed by atoms with Crippen molar-refractivity contribution in [1.82, 2.24) is 10.6 Å². The van der Waals surface area contributed by atoms with Crippen molar-refractivity contribution in [1.29, 1.82) is 0 Å². The second-order valence-electron chi connectivity index (χ2n) is 5.35. The predicted octanol–water partition coefficient (Wildman–Crippen LogP) is 0.652. The molecule has 1 aliphatic carbocycles. The lowest BCUT2D eigenvalue weighted by molar-refractivity contribution is -0.128. The molecule has 0 aromatic heterocycles.